The fourth-order valence-corrected chi connectivity index (χ4v) is 4.30. The molecule has 282 valence electrons. The summed E-state index contributed by atoms with van der Waals surface area (Å²) in [4.78, 5) is 0. The zero-order valence-corrected chi connectivity index (χ0v) is 35.3. The van der Waals surface area contributed by atoms with Crippen LogP contribution in [0.25, 0.3) is 5.57 Å². The first kappa shape index (κ1) is 53.7. The average molecular weight is 692 g/mol. The minimum Gasteiger partial charge on any atom is -0.326 e. The fourth-order valence-electron chi connectivity index (χ4n) is 4.30. The van der Waals surface area contributed by atoms with E-state index in [2.05, 4.69) is 149 Å². The van der Waals surface area contributed by atoms with Gasteiger partial charge >= 0.3 is 0 Å². The number of aryl methyl sites for hydroxylation is 3. The molecular formula is C50H77N. The van der Waals surface area contributed by atoms with E-state index in [9.17, 15) is 0 Å². The molecule has 1 heteroatoms. The molecule has 1 nitrogen and oxygen atoms in total. The largest absolute Gasteiger partial charge is 0.326 e. The molecule has 0 aromatic heterocycles. The standard InChI is InChI=1S/C19H24.C11H16.C7H9N.C7H14.2C2H6.C2H2/c1-7-15(4)17(6)13-18(12-14(2)3)19-11-9-8-10-16(19)5;1-3-6-11-8-5-7-10(4-2)9-11;8-6-7-4-2-1-3-5-7;1-4-5-6-7(2)3;3*1-2/h7-13H,1H2,2-6H3;5,7-9H,3-4,6H2,1-2H3;1-5H,6,8H2;2,4-6H2,1,3H3;2*1-2H3;1-2H/b17-15+,18-13+;;;;;;. The van der Waals surface area contributed by atoms with E-state index in [1.165, 1.54) is 87.8 Å². The van der Waals surface area contributed by atoms with E-state index in [0.29, 0.717) is 6.54 Å². The molecular weight excluding hydrogens is 615 g/mol. The van der Waals surface area contributed by atoms with Crippen LogP contribution in [0.5, 0.6) is 0 Å². The van der Waals surface area contributed by atoms with Crippen LogP contribution in [0.15, 0.2) is 133 Å². The van der Waals surface area contributed by atoms with Crippen molar-refractivity contribution in [3.63, 3.8) is 0 Å². The van der Waals surface area contributed by atoms with Gasteiger partial charge in [-0.2, -0.15) is 0 Å². The Morgan fingerprint density at radius 3 is 1.63 bits per heavy atom. The van der Waals surface area contributed by atoms with Crippen LogP contribution in [0.3, 0.4) is 0 Å². The third kappa shape index (κ3) is 30.4. The molecule has 0 spiro atoms. The van der Waals surface area contributed by atoms with E-state index in [1.54, 1.807) is 0 Å². The third-order valence-corrected chi connectivity index (χ3v) is 7.17. The molecule has 0 saturated carbocycles. The topological polar surface area (TPSA) is 26.0 Å². The maximum Gasteiger partial charge on any atom is 0.0178 e. The van der Waals surface area contributed by atoms with Gasteiger partial charge in [0.05, 0.1) is 0 Å². The Kier molecular flexibility index (Phi) is 40.7. The number of allylic oxidation sites excluding steroid dienone is 8. The van der Waals surface area contributed by atoms with E-state index in [1.807, 2.05) is 64.1 Å². The Morgan fingerprint density at radius 2 is 1.22 bits per heavy atom. The lowest BCUT2D eigenvalue weighted by Crippen LogP contribution is -1.94. The molecule has 0 atom stereocenters. The van der Waals surface area contributed by atoms with Gasteiger partial charge in [-0.3, -0.25) is 0 Å². The van der Waals surface area contributed by atoms with Gasteiger partial charge in [0, 0.05) is 6.54 Å². The zero-order valence-electron chi connectivity index (χ0n) is 35.3. The Balaban J connectivity index is -0.000000294. The van der Waals surface area contributed by atoms with Gasteiger partial charge in [0.25, 0.3) is 0 Å². The van der Waals surface area contributed by atoms with Crippen molar-refractivity contribution in [2.75, 3.05) is 0 Å². The predicted octanol–water partition coefficient (Wildman–Crippen LogP) is 15.3. The second kappa shape index (κ2) is 38.7. The molecule has 3 aromatic rings. The number of terminal acetylenes is 1. The molecule has 0 aliphatic heterocycles. The second-order valence-electron chi connectivity index (χ2n) is 11.9. The first-order valence-electron chi connectivity index (χ1n) is 19.0. The normalized spacial score (nSPS) is 9.84. The molecule has 0 bridgehead atoms. The van der Waals surface area contributed by atoms with Gasteiger partial charge < -0.3 is 5.73 Å². The van der Waals surface area contributed by atoms with Crippen molar-refractivity contribution in [2.24, 2.45) is 5.73 Å². The van der Waals surface area contributed by atoms with E-state index < -0.39 is 0 Å². The zero-order chi connectivity index (χ0) is 40.0. The van der Waals surface area contributed by atoms with E-state index in [4.69, 9.17) is 5.73 Å². The second-order valence-corrected chi connectivity index (χ2v) is 11.9. The van der Waals surface area contributed by atoms with Crippen molar-refractivity contribution < 1.29 is 0 Å². The van der Waals surface area contributed by atoms with Crippen LogP contribution < -0.4 is 5.73 Å². The number of benzene rings is 3. The molecule has 0 saturated heterocycles. The predicted molar refractivity (Wildman–Crippen MR) is 238 cm³/mol. The molecule has 0 aliphatic carbocycles. The first-order chi connectivity index (χ1) is 24.5. The highest BCUT2D eigenvalue weighted by atomic mass is 14.5. The van der Waals surface area contributed by atoms with Crippen LogP contribution in [0.1, 0.15) is 137 Å². The molecule has 0 amide bonds. The number of hydrogen-bond acceptors (Lipinski definition) is 1. The van der Waals surface area contributed by atoms with Crippen molar-refractivity contribution in [1.29, 1.82) is 0 Å². The first-order valence-corrected chi connectivity index (χ1v) is 19.0. The summed E-state index contributed by atoms with van der Waals surface area (Å²) < 4.78 is 0. The molecule has 2 N–H and O–H groups in total. The third-order valence-electron chi connectivity index (χ3n) is 7.17. The van der Waals surface area contributed by atoms with Crippen LogP contribution in [0, 0.1) is 19.8 Å². The van der Waals surface area contributed by atoms with Gasteiger partial charge in [-0.15, -0.1) is 19.4 Å². The number of nitrogens with two attached hydrogens (primary N) is 1. The van der Waals surface area contributed by atoms with Crippen molar-refractivity contribution in [1.82, 2.24) is 0 Å². The smallest absolute Gasteiger partial charge is 0.0178 e. The summed E-state index contributed by atoms with van der Waals surface area (Å²) in [6, 6.07) is 27.4. The molecule has 3 aromatic carbocycles. The molecule has 0 aliphatic rings. The van der Waals surface area contributed by atoms with Crippen molar-refractivity contribution >= 4 is 5.57 Å². The quantitative estimate of drug-likeness (QED) is 0.121. The highest BCUT2D eigenvalue weighted by Crippen LogP contribution is 2.24. The van der Waals surface area contributed by atoms with Crippen LogP contribution in [-0.2, 0) is 19.4 Å². The van der Waals surface area contributed by atoms with E-state index in [-0.39, 0.29) is 0 Å². The molecule has 0 fully saturated rings. The number of unbranched alkanes of at least 4 members (excludes halogenated alkanes) is 1. The van der Waals surface area contributed by atoms with Gasteiger partial charge in [0.1, 0.15) is 0 Å². The lowest BCUT2D eigenvalue weighted by atomic mass is 9.96. The average Bonchev–Trinajstić information content (AvgIpc) is 3.17. The number of rotatable bonds is 11. The SMILES string of the molecule is C#C.C=C(C)CCCC.C=C/C(C)=C(C)/C=C(\C=C(C)C)c1ccccc1C.CC.CC.CCCc1cccc(CC)c1.NCc1ccccc1. The van der Waals surface area contributed by atoms with Crippen molar-refractivity contribution in [2.45, 2.75) is 135 Å². The van der Waals surface area contributed by atoms with E-state index in [0.717, 1.165) is 6.42 Å². The van der Waals surface area contributed by atoms with Gasteiger partial charge in [-0.25, -0.2) is 0 Å². The van der Waals surface area contributed by atoms with Crippen molar-refractivity contribution in [3.8, 4) is 12.8 Å². The van der Waals surface area contributed by atoms with Gasteiger partial charge in [-0.05, 0) is 112 Å². The summed E-state index contributed by atoms with van der Waals surface area (Å²) in [5.74, 6) is 0. The molecule has 0 heterocycles. The van der Waals surface area contributed by atoms with Crippen LogP contribution in [-0.4, -0.2) is 0 Å². The van der Waals surface area contributed by atoms with Crippen LogP contribution >= 0.6 is 0 Å². The minimum absolute atomic E-state index is 0.640. The molecule has 0 radical (unpaired) electrons. The van der Waals surface area contributed by atoms with Gasteiger partial charge in [0.15, 0.2) is 0 Å². The lowest BCUT2D eigenvalue weighted by Gasteiger charge is -2.09. The Morgan fingerprint density at radius 1 is 0.686 bits per heavy atom. The highest BCUT2D eigenvalue weighted by molar-refractivity contribution is 5.78. The summed E-state index contributed by atoms with van der Waals surface area (Å²) in [5, 5.41) is 0. The summed E-state index contributed by atoms with van der Waals surface area (Å²) in [7, 11) is 0. The Hall–Kier alpha value is -4.12. The Bertz CT molecular complexity index is 1370. The van der Waals surface area contributed by atoms with Crippen LogP contribution in [0.2, 0.25) is 0 Å². The summed E-state index contributed by atoms with van der Waals surface area (Å²) in [6.07, 6.45) is 21.8. The minimum atomic E-state index is 0.640. The molecule has 0 unspecified atom stereocenters. The fraction of sp³-hybridized carbons (Fsp3) is 0.400. The maximum absolute atomic E-state index is 5.35. The van der Waals surface area contributed by atoms with Crippen LogP contribution in [0.4, 0.5) is 0 Å². The van der Waals surface area contributed by atoms with E-state index >= 15 is 0 Å². The van der Waals surface area contributed by atoms with Gasteiger partial charge in [0.2, 0.25) is 0 Å². The Labute approximate surface area is 318 Å². The summed E-state index contributed by atoms with van der Waals surface area (Å²) >= 11 is 0. The maximum atomic E-state index is 5.35. The molecule has 51 heavy (non-hydrogen) atoms. The monoisotopic (exact) mass is 692 g/mol. The highest BCUT2D eigenvalue weighted by Gasteiger charge is 2.03. The molecule has 3 rings (SSSR count). The van der Waals surface area contributed by atoms with Gasteiger partial charge in [-0.1, -0.05) is 176 Å². The summed E-state index contributed by atoms with van der Waals surface area (Å²) in [5.41, 5.74) is 18.4. The van der Waals surface area contributed by atoms with Crippen molar-refractivity contribution in [3.05, 3.63) is 160 Å². The summed E-state index contributed by atoms with van der Waals surface area (Å²) in [6.45, 7) is 35.6. The number of hydrogen-bond donors (Lipinski definition) is 1. The lowest BCUT2D eigenvalue weighted by molar-refractivity contribution is 0.789.